The van der Waals surface area contributed by atoms with E-state index in [1.807, 2.05) is 10.6 Å². The molecule has 2 aromatic rings. The van der Waals surface area contributed by atoms with E-state index in [0.717, 1.165) is 56.5 Å². The van der Waals surface area contributed by atoms with E-state index < -0.39 is 0 Å². The fourth-order valence-electron chi connectivity index (χ4n) is 2.50. The first kappa shape index (κ1) is 13.9. The molecule has 0 aromatic carbocycles. The van der Waals surface area contributed by atoms with E-state index in [-0.39, 0.29) is 0 Å². The highest BCUT2D eigenvalue weighted by atomic mass is 16.5. The lowest BCUT2D eigenvalue weighted by Gasteiger charge is -2.10. The Balaban J connectivity index is 1.56. The summed E-state index contributed by atoms with van der Waals surface area (Å²) in [6, 6.07) is 2.02. The van der Waals surface area contributed by atoms with Gasteiger partial charge in [-0.1, -0.05) is 0 Å². The molecule has 0 aliphatic carbocycles. The summed E-state index contributed by atoms with van der Waals surface area (Å²) in [7, 11) is 0. The number of nitrogens with one attached hydrogen (secondary N) is 1. The molecule has 0 bridgehead atoms. The average molecular weight is 288 g/mol. The Morgan fingerprint density at radius 1 is 1.43 bits per heavy atom. The monoisotopic (exact) mass is 288 g/mol. The molecule has 21 heavy (non-hydrogen) atoms. The van der Waals surface area contributed by atoms with E-state index in [4.69, 9.17) is 4.74 Å². The standard InChI is InChI=1S/C14H20N6O/c1-2-20-10-18-19-14(20)3-5-15-13-7-12(16-9-17-13)11-4-6-21-8-11/h7,9-11H,2-6,8H2,1H3,(H,15,16,17). The van der Waals surface area contributed by atoms with Crippen LogP contribution in [0, 0.1) is 0 Å². The highest BCUT2D eigenvalue weighted by Crippen LogP contribution is 2.24. The number of hydrogen-bond donors (Lipinski definition) is 1. The van der Waals surface area contributed by atoms with Gasteiger partial charge in [0.25, 0.3) is 0 Å². The Kier molecular flexibility index (Phi) is 4.40. The minimum atomic E-state index is 0.400. The lowest BCUT2D eigenvalue weighted by Crippen LogP contribution is -2.11. The first-order valence-electron chi connectivity index (χ1n) is 7.37. The van der Waals surface area contributed by atoms with E-state index in [0.29, 0.717) is 5.92 Å². The summed E-state index contributed by atoms with van der Waals surface area (Å²) in [6.07, 6.45) is 5.23. The van der Waals surface area contributed by atoms with E-state index in [2.05, 4.69) is 32.4 Å². The van der Waals surface area contributed by atoms with Crippen molar-refractivity contribution in [2.24, 2.45) is 0 Å². The largest absolute Gasteiger partial charge is 0.381 e. The summed E-state index contributed by atoms with van der Waals surface area (Å²) in [5.41, 5.74) is 1.06. The van der Waals surface area contributed by atoms with Crippen molar-refractivity contribution in [2.45, 2.75) is 32.2 Å². The molecule has 1 fully saturated rings. The van der Waals surface area contributed by atoms with Crippen LogP contribution in [-0.4, -0.2) is 44.5 Å². The van der Waals surface area contributed by atoms with Gasteiger partial charge in [0.05, 0.1) is 12.3 Å². The first-order chi connectivity index (χ1) is 10.4. The SMILES string of the molecule is CCn1cnnc1CCNc1cc(C2CCOC2)ncn1. The third-order valence-electron chi connectivity index (χ3n) is 3.73. The zero-order valence-electron chi connectivity index (χ0n) is 12.2. The molecule has 0 amide bonds. The van der Waals surface area contributed by atoms with Crippen LogP contribution < -0.4 is 5.32 Å². The van der Waals surface area contributed by atoms with Gasteiger partial charge in [0.15, 0.2) is 0 Å². The maximum absolute atomic E-state index is 5.41. The molecule has 1 N–H and O–H groups in total. The van der Waals surface area contributed by atoms with E-state index >= 15 is 0 Å². The predicted molar refractivity (Wildman–Crippen MR) is 78.1 cm³/mol. The molecule has 0 spiro atoms. The van der Waals surface area contributed by atoms with Gasteiger partial charge in [0.2, 0.25) is 0 Å². The van der Waals surface area contributed by atoms with Gasteiger partial charge in [-0.15, -0.1) is 10.2 Å². The topological polar surface area (TPSA) is 77.8 Å². The van der Waals surface area contributed by atoms with Crippen LogP contribution in [0.4, 0.5) is 5.82 Å². The summed E-state index contributed by atoms with van der Waals surface area (Å²) < 4.78 is 7.45. The Labute approximate surface area is 123 Å². The average Bonchev–Trinajstić information content (AvgIpc) is 3.19. The van der Waals surface area contributed by atoms with Gasteiger partial charge in [-0.05, 0) is 13.3 Å². The molecule has 1 unspecified atom stereocenters. The summed E-state index contributed by atoms with van der Waals surface area (Å²) in [6.45, 7) is 5.33. The number of aryl methyl sites for hydroxylation is 1. The Morgan fingerprint density at radius 2 is 2.38 bits per heavy atom. The van der Waals surface area contributed by atoms with Crippen LogP contribution >= 0.6 is 0 Å². The fraction of sp³-hybridized carbons (Fsp3) is 0.571. The first-order valence-corrected chi connectivity index (χ1v) is 7.37. The summed E-state index contributed by atoms with van der Waals surface area (Å²) in [5, 5.41) is 11.4. The van der Waals surface area contributed by atoms with Crippen LogP contribution in [0.15, 0.2) is 18.7 Å². The Morgan fingerprint density at radius 3 is 3.19 bits per heavy atom. The molecular formula is C14H20N6O. The van der Waals surface area contributed by atoms with Crippen LogP contribution in [0.2, 0.25) is 0 Å². The van der Waals surface area contributed by atoms with Crippen molar-refractivity contribution >= 4 is 5.82 Å². The molecule has 1 saturated heterocycles. The molecule has 3 heterocycles. The van der Waals surface area contributed by atoms with Gasteiger partial charge in [-0.2, -0.15) is 0 Å². The van der Waals surface area contributed by atoms with Gasteiger partial charge in [-0.3, -0.25) is 0 Å². The molecule has 7 nitrogen and oxygen atoms in total. The van der Waals surface area contributed by atoms with Crippen molar-refractivity contribution in [2.75, 3.05) is 25.1 Å². The van der Waals surface area contributed by atoms with Crippen LogP contribution in [0.5, 0.6) is 0 Å². The van der Waals surface area contributed by atoms with Crippen molar-refractivity contribution in [3.8, 4) is 0 Å². The third-order valence-corrected chi connectivity index (χ3v) is 3.73. The van der Waals surface area contributed by atoms with Gasteiger partial charge in [0, 0.05) is 38.1 Å². The van der Waals surface area contributed by atoms with Crippen LogP contribution in [0.1, 0.15) is 30.8 Å². The van der Waals surface area contributed by atoms with Crippen molar-refractivity contribution in [1.82, 2.24) is 24.7 Å². The third kappa shape index (κ3) is 3.36. The van der Waals surface area contributed by atoms with Crippen molar-refractivity contribution in [1.29, 1.82) is 0 Å². The molecule has 1 atom stereocenters. The highest BCUT2D eigenvalue weighted by Gasteiger charge is 2.19. The van der Waals surface area contributed by atoms with E-state index in [1.165, 1.54) is 0 Å². The second-order valence-electron chi connectivity index (χ2n) is 5.10. The van der Waals surface area contributed by atoms with Crippen molar-refractivity contribution in [3.05, 3.63) is 30.2 Å². The molecule has 1 aliphatic rings. The number of hydrogen-bond acceptors (Lipinski definition) is 6. The zero-order chi connectivity index (χ0) is 14.5. The molecule has 3 rings (SSSR count). The summed E-state index contributed by atoms with van der Waals surface area (Å²) in [5.74, 6) is 2.25. The number of anilines is 1. The molecule has 1 aliphatic heterocycles. The minimum Gasteiger partial charge on any atom is -0.381 e. The van der Waals surface area contributed by atoms with Gasteiger partial charge in [0.1, 0.15) is 24.3 Å². The predicted octanol–water partition coefficient (Wildman–Crippen LogP) is 1.25. The lowest BCUT2D eigenvalue weighted by molar-refractivity contribution is 0.193. The Bertz CT molecular complexity index is 578. The number of aromatic nitrogens is 5. The lowest BCUT2D eigenvalue weighted by atomic mass is 10.1. The highest BCUT2D eigenvalue weighted by molar-refractivity contribution is 5.36. The normalized spacial score (nSPS) is 18.0. The van der Waals surface area contributed by atoms with Gasteiger partial charge < -0.3 is 14.6 Å². The number of ether oxygens (including phenoxy) is 1. The molecule has 7 heteroatoms. The van der Waals surface area contributed by atoms with Gasteiger partial charge >= 0.3 is 0 Å². The van der Waals surface area contributed by atoms with Crippen molar-refractivity contribution < 1.29 is 4.74 Å². The maximum atomic E-state index is 5.41. The van der Waals surface area contributed by atoms with E-state index in [9.17, 15) is 0 Å². The summed E-state index contributed by atoms with van der Waals surface area (Å²) >= 11 is 0. The molecule has 112 valence electrons. The molecule has 0 radical (unpaired) electrons. The molecular weight excluding hydrogens is 268 g/mol. The van der Waals surface area contributed by atoms with E-state index in [1.54, 1.807) is 12.7 Å². The van der Waals surface area contributed by atoms with Crippen LogP contribution in [-0.2, 0) is 17.7 Å². The smallest absolute Gasteiger partial charge is 0.134 e. The minimum absolute atomic E-state index is 0.400. The van der Waals surface area contributed by atoms with Crippen molar-refractivity contribution in [3.63, 3.8) is 0 Å². The molecule has 0 saturated carbocycles. The number of nitrogens with zero attached hydrogens (tertiary/aromatic N) is 5. The van der Waals surface area contributed by atoms with Crippen LogP contribution in [0.25, 0.3) is 0 Å². The van der Waals surface area contributed by atoms with Gasteiger partial charge in [-0.25, -0.2) is 9.97 Å². The number of rotatable bonds is 6. The zero-order valence-corrected chi connectivity index (χ0v) is 12.2. The quantitative estimate of drug-likeness (QED) is 0.862. The van der Waals surface area contributed by atoms with Crippen LogP contribution in [0.3, 0.4) is 0 Å². The fourth-order valence-corrected chi connectivity index (χ4v) is 2.50. The maximum Gasteiger partial charge on any atom is 0.134 e. The second-order valence-corrected chi connectivity index (χ2v) is 5.10. The molecule has 2 aromatic heterocycles. The summed E-state index contributed by atoms with van der Waals surface area (Å²) in [4.78, 5) is 8.62. The second kappa shape index (κ2) is 6.62. The Hall–Kier alpha value is -2.02.